The highest BCUT2D eigenvalue weighted by Crippen LogP contribution is 2.39. The molecular formula is C15H19NOS. The van der Waals surface area contributed by atoms with Gasteiger partial charge in [0.1, 0.15) is 0 Å². The first kappa shape index (κ1) is 13.5. The third kappa shape index (κ3) is 2.55. The smallest absolute Gasteiger partial charge is 0.0875 e. The SMILES string of the molecule is CSCCC(O)C1(C#N)CCc2ccccc2C1. The summed E-state index contributed by atoms with van der Waals surface area (Å²) in [5.41, 5.74) is 1.98. The maximum atomic E-state index is 10.3. The molecule has 2 rings (SSSR count). The molecule has 1 aliphatic rings. The number of aryl methyl sites for hydroxylation is 1. The van der Waals surface area contributed by atoms with Crippen molar-refractivity contribution >= 4 is 11.8 Å². The predicted molar refractivity (Wildman–Crippen MR) is 75.5 cm³/mol. The van der Waals surface area contributed by atoms with Crippen LogP contribution < -0.4 is 0 Å². The zero-order valence-corrected chi connectivity index (χ0v) is 11.5. The van der Waals surface area contributed by atoms with E-state index in [2.05, 4.69) is 18.2 Å². The quantitative estimate of drug-likeness (QED) is 0.906. The number of hydrogen-bond donors (Lipinski definition) is 1. The third-order valence-electron chi connectivity index (χ3n) is 3.92. The van der Waals surface area contributed by atoms with Crippen LogP contribution in [-0.2, 0) is 12.8 Å². The number of rotatable bonds is 4. The molecule has 0 aliphatic heterocycles. The lowest BCUT2D eigenvalue weighted by molar-refractivity contribution is 0.0514. The molecule has 2 atom stereocenters. The Bertz CT molecular complexity index is 454. The number of nitriles is 1. The largest absolute Gasteiger partial charge is 0.391 e. The highest BCUT2D eigenvalue weighted by Gasteiger charge is 2.40. The van der Waals surface area contributed by atoms with Crippen LogP contribution in [-0.4, -0.2) is 23.2 Å². The molecule has 1 aliphatic carbocycles. The Morgan fingerprint density at radius 3 is 2.83 bits per heavy atom. The highest BCUT2D eigenvalue weighted by molar-refractivity contribution is 7.98. The van der Waals surface area contributed by atoms with Crippen LogP contribution in [0.2, 0.25) is 0 Å². The van der Waals surface area contributed by atoms with Crippen LogP contribution in [0.3, 0.4) is 0 Å². The first-order chi connectivity index (χ1) is 8.72. The fourth-order valence-electron chi connectivity index (χ4n) is 2.72. The second-order valence-corrected chi connectivity index (χ2v) is 6.00. The number of hydrogen-bond acceptors (Lipinski definition) is 3. The van der Waals surface area contributed by atoms with E-state index in [9.17, 15) is 10.4 Å². The molecule has 1 N–H and O–H groups in total. The summed E-state index contributed by atoms with van der Waals surface area (Å²) in [4.78, 5) is 0. The molecule has 0 fully saturated rings. The van der Waals surface area contributed by atoms with Crippen LogP contribution in [0, 0.1) is 16.7 Å². The molecule has 0 amide bonds. The van der Waals surface area contributed by atoms with Gasteiger partial charge in [-0.25, -0.2) is 0 Å². The molecular weight excluding hydrogens is 242 g/mol. The predicted octanol–water partition coefficient (Wildman–Crippen LogP) is 2.80. The second-order valence-electron chi connectivity index (χ2n) is 5.01. The highest BCUT2D eigenvalue weighted by atomic mass is 32.2. The Labute approximate surface area is 113 Å². The van der Waals surface area contributed by atoms with Crippen molar-refractivity contribution in [2.45, 2.75) is 31.8 Å². The molecule has 0 spiro atoms. The van der Waals surface area contributed by atoms with Crippen molar-refractivity contribution < 1.29 is 5.11 Å². The second kappa shape index (κ2) is 5.77. The zero-order chi connectivity index (χ0) is 13.0. The molecule has 0 saturated heterocycles. The number of thioether (sulfide) groups is 1. The summed E-state index contributed by atoms with van der Waals surface area (Å²) >= 11 is 1.72. The van der Waals surface area contributed by atoms with Gasteiger partial charge < -0.3 is 5.11 Å². The lowest BCUT2D eigenvalue weighted by Gasteiger charge is -2.36. The standard InChI is InChI=1S/C15H19NOS/c1-18-9-7-14(17)15(11-16)8-6-12-4-2-3-5-13(12)10-15/h2-5,14,17H,6-10H2,1H3. The summed E-state index contributed by atoms with van der Waals surface area (Å²) in [6.45, 7) is 0. The van der Waals surface area contributed by atoms with E-state index in [0.717, 1.165) is 18.6 Å². The monoisotopic (exact) mass is 261 g/mol. The summed E-state index contributed by atoms with van der Waals surface area (Å²) < 4.78 is 0. The molecule has 0 bridgehead atoms. The summed E-state index contributed by atoms with van der Waals surface area (Å²) in [6.07, 6.45) is 4.59. The molecule has 0 radical (unpaired) electrons. The Morgan fingerprint density at radius 1 is 1.44 bits per heavy atom. The molecule has 0 saturated carbocycles. The van der Waals surface area contributed by atoms with E-state index in [1.807, 2.05) is 18.4 Å². The van der Waals surface area contributed by atoms with Gasteiger partial charge in [0.25, 0.3) is 0 Å². The molecule has 18 heavy (non-hydrogen) atoms. The maximum Gasteiger partial charge on any atom is 0.0875 e. The van der Waals surface area contributed by atoms with Crippen molar-refractivity contribution in [1.29, 1.82) is 5.26 Å². The van der Waals surface area contributed by atoms with Gasteiger partial charge in [-0.2, -0.15) is 17.0 Å². The number of nitrogens with zero attached hydrogens (tertiary/aromatic N) is 1. The minimum atomic E-state index is -0.579. The molecule has 1 aromatic rings. The van der Waals surface area contributed by atoms with Crippen molar-refractivity contribution in [2.24, 2.45) is 5.41 Å². The van der Waals surface area contributed by atoms with Gasteiger partial charge in [0, 0.05) is 0 Å². The fraction of sp³-hybridized carbons (Fsp3) is 0.533. The lowest BCUT2D eigenvalue weighted by Crippen LogP contribution is -2.39. The normalized spacial score (nSPS) is 24.1. The van der Waals surface area contributed by atoms with Crippen molar-refractivity contribution in [2.75, 3.05) is 12.0 Å². The molecule has 0 heterocycles. The van der Waals surface area contributed by atoms with Crippen molar-refractivity contribution in [3.8, 4) is 6.07 Å². The molecule has 3 heteroatoms. The van der Waals surface area contributed by atoms with Gasteiger partial charge >= 0.3 is 0 Å². The molecule has 1 aromatic carbocycles. The molecule has 0 aromatic heterocycles. The number of benzene rings is 1. The van der Waals surface area contributed by atoms with Crippen LogP contribution in [0.5, 0.6) is 0 Å². The van der Waals surface area contributed by atoms with E-state index in [1.165, 1.54) is 11.1 Å². The van der Waals surface area contributed by atoms with E-state index < -0.39 is 11.5 Å². The third-order valence-corrected chi connectivity index (χ3v) is 4.56. The van der Waals surface area contributed by atoms with E-state index in [1.54, 1.807) is 11.8 Å². The Kier molecular flexibility index (Phi) is 4.31. The summed E-state index contributed by atoms with van der Waals surface area (Å²) in [5.74, 6) is 0.909. The van der Waals surface area contributed by atoms with Crippen LogP contribution in [0.25, 0.3) is 0 Å². The van der Waals surface area contributed by atoms with Crippen LogP contribution in [0.1, 0.15) is 24.0 Å². The number of fused-ring (bicyclic) bond motifs is 1. The van der Waals surface area contributed by atoms with Crippen LogP contribution in [0.15, 0.2) is 24.3 Å². The summed E-state index contributed by atoms with van der Waals surface area (Å²) in [6, 6.07) is 10.7. The van der Waals surface area contributed by atoms with Gasteiger partial charge in [-0.1, -0.05) is 24.3 Å². The fourth-order valence-corrected chi connectivity index (χ4v) is 3.18. The minimum absolute atomic E-state index is 0.511. The summed E-state index contributed by atoms with van der Waals surface area (Å²) in [7, 11) is 0. The van der Waals surface area contributed by atoms with Gasteiger partial charge in [-0.3, -0.25) is 0 Å². The van der Waals surface area contributed by atoms with Gasteiger partial charge in [-0.15, -0.1) is 0 Å². The Hall–Kier alpha value is -0.980. The van der Waals surface area contributed by atoms with Gasteiger partial charge in [0.05, 0.1) is 17.6 Å². The zero-order valence-electron chi connectivity index (χ0n) is 10.7. The van der Waals surface area contributed by atoms with Gasteiger partial charge in [0.15, 0.2) is 0 Å². The Balaban J connectivity index is 2.19. The van der Waals surface area contributed by atoms with Crippen molar-refractivity contribution in [3.63, 3.8) is 0 Å². The number of aliphatic hydroxyl groups is 1. The first-order valence-electron chi connectivity index (χ1n) is 6.37. The van der Waals surface area contributed by atoms with Crippen LogP contribution in [0.4, 0.5) is 0 Å². The molecule has 2 unspecified atom stereocenters. The molecule has 2 nitrogen and oxygen atoms in total. The lowest BCUT2D eigenvalue weighted by atomic mass is 9.68. The van der Waals surface area contributed by atoms with Crippen molar-refractivity contribution in [1.82, 2.24) is 0 Å². The topological polar surface area (TPSA) is 44.0 Å². The Morgan fingerprint density at radius 2 is 2.17 bits per heavy atom. The van der Waals surface area contributed by atoms with Gasteiger partial charge in [-0.05, 0) is 48.8 Å². The van der Waals surface area contributed by atoms with Crippen LogP contribution >= 0.6 is 11.8 Å². The van der Waals surface area contributed by atoms with E-state index >= 15 is 0 Å². The van der Waals surface area contributed by atoms with E-state index in [4.69, 9.17) is 0 Å². The van der Waals surface area contributed by atoms with Crippen molar-refractivity contribution in [3.05, 3.63) is 35.4 Å². The summed E-state index contributed by atoms with van der Waals surface area (Å²) in [5, 5.41) is 19.9. The van der Waals surface area contributed by atoms with E-state index in [-0.39, 0.29) is 0 Å². The van der Waals surface area contributed by atoms with E-state index in [0.29, 0.717) is 12.8 Å². The molecule has 96 valence electrons. The maximum absolute atomic E-state index is 10.3. The average molecular weight is 261 g/mol. The minimum Gasteiger partial charge on any atom is -0.391 e. The average Bonchev–Trinajstić information content (AvgIpc) is 2.44. The first-order valence-corrected chi connectivity index (χ1v) is 7.76. The van der Waals surface area contributed by atoms with Gasteiger partial charge in [0.2, 0.25) is 0 Å². The number of aliphatic hydroxyl groups excluding tert-OH is 1.